The smallest absolute Gasteiger partial charge is 0.351 e. The first kappa shape index (κ1) is 19.1. The van der Waals surface area contributed by atoms with E-state index >= 15 is 0 Å². The third-order valence-electron chi connectivity index (χ3n) is 4.95. The van der Waals surface area contributed by atoms with Crippen molar-refractivity contribution in [2.24, 2.45) is 0 Å². The van der Waals surface area contributed by atoms with Gasteiger partial charge in [-0.1, -0.05) is 0 Å². The predicted octanol–water partition coefficient (Wildman–Crippen LogP) is -1.62. The zero-order chi connectivity index (χ0) is 18.9. The van der Waals surface area contributed by atoms with Gasteiger partial charge in [-0.2, -0.15) is 13.5 Å². The maximum atomic E-state index is 12.6. The highest BCUT2D eigenvalue weighted by molar-refractivity contribution is 7.80. The van der Waals surface area contributed by atoms with Crippen molar-refractivity contribution in [3.8, 4) is 0 Å². The summed E-state index contributed by atoms with van der Waals surface area (Å²) in [5.41, 5.74) is 0. The number of urea groups is 1. The molecule has 11 nitrogen and oxygen atoms in total. The molecule has 13 heteroatoms. The number of hydrogen-bond acceptors (Lipinski definition) is 7. The number of amides is 3. The largest absolute Gasteiger partial charge is 0.418 e. The Hall–Kier alpha value is -1.70. The van der Waals surface area contributed by atoms with E-state index in [4.69, 9.17) is 4.55 Å². The SMILES string of the molecule is O=C[B]N1CCC(NC(=O)[C@@H]2CC[C@@H]3CN2C(=O)N3OS(=O)(=O)O)CC1. The van der Waals surface area contributed by atoms with E-state index in [0.717, 1.165) is 6.19 Å². The lowest BCUT2D eigenvalue weighted by Gasteiger charge is -2.34. The van der Waals surface area contributed by atoms with E-state index in [2.05, 4.69) is 9.60 Å². The van der Waals surface area contributed by atoms with Crippen LogP contribution in [0.2, 0.25) is 0 Å². The number of piperidine rings is 2. The summed E-state index contributed by atoms with van der Waals surface area (Å²) >= 11 is 0. The molecule has 2 bridgehead atoms. The summed E-state index contributed by atoms with van der Waals surface area (Å²) in [4.78, 5) is 38.5. The Morgan fingerprint density at radius 1 is 1.27 bits per heavy atom. The average Bonchev–Trinajstić information content (AvgIpc) is 2.80. The molecule has 3 fully saturated rings. The Morgan fingerprint density at radius 3 is 2.58 bits per heavy atom. The van der Waals surface area contributed by atoms with Crippen LogP contribution >= 0.6 is 0 Å². The average molecular weight is 387 g/mol. The van der Waals surface area contributed by atoms with Gasteiger partial charge in [-0.05, 0) is 38.8 Å². The van der Waals surface area contributed by atoms with Gasteiger partial charge in [-0.25, -0.2) is 4.79 Å². The van der Waals surface area contributed by atoms with Crippen molar-refractivity contribution in [2.75, 3.05) is 19.6 Å². The topological polar surface area (TPSA) is 137 Å². The fraction of sp³-hybridized carbons (Fsp3) is 0.769. The summed E-state index contributed by atoms with van der Waals surface area (Å²) in [5.74, 6) is -0.289. The van der Waals surface area contributed by atoms with Crippen LogP contribution in [0, 0.1) is 0 Å². The lowest BCUT2D eigenvalue weighted by Crippen LogP contribution is -2.54. The van der Waals surface area contributed by atoms with Gasteiger partial charge in [-0.3, -0.25) is 9.35 Å². The van der Waals surface area contributed by atoms with Gasteiger partial charge in [0.2, 0.25) is 5.91 Å². The molecule has 2 N–H and O–H groups in total. The quantitative estimate of drug-likeness (QED) is 0.315. The van der Waals surface area contributed by atoms with E-state index in [-0.39, 0.29) is 18.5 Å². The van der Waals surface area contributed by atoms with E-state index < -0.39 is 28.5 Å². The van der Waals surface area contributed by atoms with Gasteiger partial charge in [0.25, 0.3) is 7.41 Å². The number of carbonyl (C=O) groups is 3. The second-order valence-electron chi connectivity index (χ2n) is 6.61. The van der Waals surface area contributed by atoms with Gasteiger partial charge in [0.1, 0.15) is 6.04 Å². The van der Waals surface area contributed by atoms with Crippen LogP contribution in [0.3, 0.4) is 0 Å². The van der Waals surface area contributed by atoms with Crippen LogP contribution in [0.1, 0.15) is 25.7 Å². The van der Waals surface area contributed by atoms with E-state index in [0.29, 0.717) is 43.8 Å². The molecule has 3 rings (SSSR count). The van der Waals surface area contributed by atoms with Gasteiger partial charge < -0.3 is 19.8 Å². The minimum Gasteiger partial charge on any atom is -0.351 e. The molecule has 0 aliphatic carbocycles. The molecule has 0 spiro atoms. The second kappa shape index (κ2) is 7.51. The zero-order valence-electron chi connectivity index (χ0n) is 14.0. The molecule has 0 aromatic carbocycles. The Balaban J connectivity index is 1.56. The van der Waals surface area contributed by atoms with E-state index in [1.54, 1.807) is 0 Å². The highest BCUT2D eigenvalue weighted by Crippen LogP contribution is 2.30. The Kier molecular flexibility index (Phi) is 5.51. The fourth-order valence-electron chi connectivity index (χ4n) is 3.68. The van der Waals surface area contributed by atoms with E-state index in [9.17, 15) is 22.8 Å². The van der Waals surface area contributed by atoms with Crippen molar-refractivity contribution in [3.05, 3.63) is 0 Å². The standard InChI is InChI=1S/C13H20BN4O7S/c19-8-14-16-5-3-9(4-6-16)15-12(20)11-2-1-10-7-17(11)13(21)18(10)25-26(22,23)24/h8-11H,1-7H2,(H,15,20)(H,22,23,24)/t10-,11+/m1/s1. The summed E-state index contributed by atoms with van der Waals surface area (Å²) in [5, 5.41) is 3.55. The van der Waals surface area contributed by atoms with E-state index in [1.807, 2.05) is 4.81 Å². The number of rotatable bonds is 6. The van der Waals surface area contributed by atoms with Crippen molar-refractivity contribution in [1.29, 1.82) is 0 Å². The first-order valence-electron chi connectivity index (χ1n) is 8.38. The molecular formula is C13H20BN4O7S. The molecule has 3 heterocycles. The Bertz CT molecular complexity index is 682. The number of nitrogens with one attached hydrogen (secondary N) is 1. The predicted molar refractivity (Wildman–Crippen MR) is 88.6 cm³/mol. The number of nitrogens with zero attached hydrogens (tertiary/aromatic N) is 3. The van der Waals surface area contributed by atoms with Crippen LogP contribution in [0.15, 0.2) is 0 Å². The second-order valence-corrected chi connectivity index (χ2v) is 7.62. The Labute approximate surface area is 151 Å². The fourth-order valence-corrected chi connectivity index (χ4v) is 4.07. The van der Waals surface area contributed by atoms with Crippen molar-refractivity contribution in [1.82, 2.24) is 20.1 Å². The summed E-state index contributed by atoms with van der Waals surface area (Å²) < 4.78 is 34.9. The van der Waals surface area contributed by atoms with Crippen molar-refractivity contribution >= 4 is 35.9 Å². The summed E-state index contributed by atoms with van der Waals surface area (Å²) in [6.07, 6.45) is 2.89. The molecule has 3 aliphatic rings. The van der Waals surface area contributed by atoms with Crippen molar-refractivity contribution in [2.45, 2.75) is 43.8 Å². The molecule has 0 aromatic heterocycles. The molecule has 26 heavy (non-hydrogen) atoms. The molecule has 3 aliphatic heterocycles. The molecule has 3 saturated heterocycles. The van der Waals surface area contributed by atoms with Crippen LogP contribution in [0.5, 0.6) is 0 Å². The van der Waals surface area contributed by atoms with Crippen molar-refractivity contribution < 1.29 is 31.6 Å². The van der Waals surface area contributed by atoms with Crippen molar-refractivity contribution in [3.63, 3.8) is 0 Å². The third-order valence-corrected chi connectivity index (χ3v) is 5.30. The highest BCUT2D eigenvalue weighted by atomic mass is 32.3. The Morgan fingerprint density at radius 2 is 1.96 bits per heavy atom. The van der Waals surface area contributed by atoms with Gasteiger partial charge in [0, 0.05) is 12.6 Å². The minimum absolute atomic E-state index is 0.0422. The molecule has 0 unspecified atom stereocenters. The number of hydrogen-bond donors (Lipinski definition) is 2. The monoisotopic (exact) mass is 387 g/mol. The molecule has 2 atom stereocenters. The normalized spacial score (nSPS) is 27.5. The van der Waals surface area contributed by atoms with E-state index in [1.165, 1.54) is 12.3 Å². The summed E-state index contributed by atoms with van der Waals surface area (Å²) in [6, 6.07) is -2.01. The van der Waals surface area contributed by atoms with Crippen LogP contribution in [-0.2, 0) is 24.3 Å². The van der Waals surface area contributed by atoms with Gasteiger partial charge in [0.15, 0.2) is 0 Å². The summed E-state index contributed by atoms with van der Waals surface area (Å²) in [6.45, 7) is 1.49. The third kappa shape index (κ3) is 4.16. The number of carbonyl (C=O) groups excluding carboxylic acids is 3. The minimum atomic E-state index is -4.80. The van der Waals surface area contributed by atoms with Crippen LogP contribution in [-0.4, -0.2) is 91.0 Å². The van der Waals surface area contributed by atoms with Crippen LogP contribution < -0.4 is 5.32 Å². The highest BCUT2D eigenvalue weighted by Gasteiger charge is 2.49. The zero-order valence-corrected chi connectivity index (χ0v) is 14.8. The molecule has 1 radical (unpaired) electrons. The number of fused-ring (bicyclic) bond motifs is 2. The molecule has 0 aromatic rings. The molecule has 0 saturated carbocycles. The van der Waals surface area contributed by atoms with Gasteiger partial charge in [-0.15, -0.1) is 4.28 Å². The van der Waals surface area contributed by atoms with Crippen LogP contribution in [0.25, 0.3) is 0 Å². The van der Waals surface area contributed by atoms with Crippen LogP contribution in [0.4, 0.5) is 4.79 Å². The maximum absolute atomic E-state index is 12.6. The number of hydroxylamine groups is 2. The first-order chi connectivity index (χ1) is 12.3. The lowest BCUT2D eigenvalue weighted by molar-refractivity contribution is -0.127. The molecular weight excluding hydrogens is 367 g/mol. The molecule has 3 amide bonds. The van der Waals surface area contributed by atoms with Gasteiger partial charge in [0.05, 0.1) is 12.2 Å². The maximum Gasteiger partial charge on any atom is 0.418 e. The first-order valence-corrected chi connectivity index (χ1v) is 9.75. The summed E-state index contributed by atoms with van der Waals surface area (Å²) in [7, 11) is -3.33. The van der Waals surface area contributed by atoms with Gasteiger partial charge >= 0.3 is 16.4 Å². The molecule has 143 valence electrons. The lowest BCUT2D eigenvalue weighted by atomic mass is 9.89.